The molecule has 1 aromatic carbocycles. The first-order valence-electron chi connectivity index (χ1n) is 7.12. The highest BCUT2D eigenvalue weighted by Gasteiger charge is 2.42. The minimum absolute atomic E-state index is 0.313. The van der Waals surface area contributed by atoms with Crippen LogP contribution in [-0.2, 0) is 10.6 Å². The fraction of sp³-hybridized carbons (Fsp3) is 0.533. The number of benzene rings is 1. The Morgan fingerprint density at radius 3 is 2.90 bits per heavy atom. The third kappa shape index (κ3) is 2.03. The van der Waals surface area contributed by atoms with E-state index in [4.69, 9.17) is 27.9 Å². The zero-order chi connectivity index (χ0) is 13.7. The van der Waals surface area contributed by atoms with Gasteiger partial charge in [-0.2, -0.15) is 0 Å². The van der Waals surface area contributed by atoms with Gasteiger partial charge in [0.2, 0.25) is 0 Å². The molecule has 20 heavy (non-hydrogen) atoms. The van der Waals surface area contributed by atoms with E-state index in [-0.39, 0.29) is 0 Å². The number of nitrogens with zero attached hydrogens (tertiary/aromatic N) is 2. The second kappa shape index (κ2) is 4.90. The molecule has 2 atom stereocenters. The zero-order valence-electron chi connectivity index (χ0n) is 11.1. The van der Waals surface area contributed by atoms with Crippen molar-refractivity contribution in [2.45, 2.75) is 37.3 Å². The summed E-state index contributed by atoms with van der Waals surface area (Å²) in [6.45, 7) is 0.827. The summed E-state index contributed by atoms with van der Waals surface area (Å²) in [6.07, 6.45) is 3.91. The summed E-state index contributed by atoms with van der Waals surface area (Å²) in [7, 11) is 0. The van der Waals surface area contributed by atoms with Gasteiger partial charge in [0.05, 0.1) is 29.1 Å². The Balaban J connectivity index is 1.86. The molecule has 1 aliphatic heterocycles. The van der Waals surface area contributed by atoms with Gasteiger partial charge in [0.1, 0.15) is 5.82 Å². The smallest absolute Gasteiger partial charge is 0.125 e. The number of aromatic nitrogens is 2. The van der Waals surface area contributed by atoms with Crippen molar-refractivity contribution >= 4 is 34.2 Å². The van der Waals surface area contributed by atoms with Crippen molar-refractivity contribution in [3.05, 3.63) is 29.0 Å². The van der Waals surface area contributed by atoms with Gasteiger partial charge in [-0.05, 0) is 43.4 Å². The lowest BCUT2D eigenvalue weighted by Crippen LogP contribution is -2.23. The summed E-state index contributed by atoms with van der Waals surface area (Å²) in [5.74, 6) is 2.05. The Morgan fingerprint density at radius 1 is 1.30 bits per heavy atom. The van der Waals surface area contributed by atoms with E-state index in [1.54, 1.807) is 0 Å². The number of ether oxygens (including phenoxy) is 1. The van der Waals surface area contributed by atoms with Crippen LogP contribution in [0.2, 0.25) is 5.02 Å². The molecule has 5 heteroatoms. The van der Waals surface area contributed by atoms with Crippen LogP contribution >= 0.6 is 23.2 Å². The van der Waals surface area contributed by atoms with E-state index in [9.17, 15) is 0 Å². The van der Waals surface area contributed by atoms with Gasteiger partial charge in [-0.1, -0.05) is 11.6 Å². The summed E-state index contributed by atoms with van der Waals surface area (Å²) >= 11 is 12.3. The van der Waals surface area contributed by atoms with Crippen molar-refractivity contribution in [3.63, 3.8) is 0 Å². The van der Waals surface area contributed by atoms with Crippen molar-refractivity contribution in [1.82, 2.24) is 9.55 Å². The largest absolute Gasteiger partial charge is 0.376 e. The van der Waals surface area contributed by atoms with Gasteiger partial charge >= 0.3 is 0 Å². The van der Waals surface area contributed by atoms with Gasteiger partial charge in [-0.25, -0.2) is 4.98 Å². The zero-order valence-corrected chi connectivity index (χ0v) is 12.6. The monoisotopic (exact) mass is 310 g/mol. The molecule has 0 amide bonds. The average Bonchev–Trinajstić information content (AvgIpc) is 3.07. The molecule has 3 nitrogen and oxygen atoms in total. The third-order valence-corrected chi connectivity index (χ3v) is 4.84. The first kappa shape index (κ1) is 12.9. The molecule has 4 rings (SSSR count). The normalized spacial score (nSPS) is 26.5. The molecule has 0 bridgehead atoms. The maximum atomic E-state index is 6.16. The van der Waals surface area contributed by atoms with E-state index < -0.39 is 0 Å². The van der Waals surface area contributed by atoms with Gasteiger partial charge in [0.25, 0.3) is 0 Å². The van der Waals surface area contributed by atoms with E-state index in [2.05, 4.69) is 9.55 Å². The van der Waals surface area contributed by atoms with Gasteiger partial charge in [-0.3, -0.25) is 0 Å². The van der Waals surface area contributed by atoms with E-state index in [1.165, 1.54) is 12.8 Å². The van der Waals surface area contributed by atoms with Gasteiger partial charge in [0.15, 0.2) is 0 Å². The van der Waals surface area contributed by atoms with Crippen LogP contribution in [0.5, 0.6) is 0 Å². The molecule has 2 fully saturated rings. The van der Waals surface area contributed by atoms with Crippen molar-refractivity contribution in [1.29, 1.82) is 0 Å². The van der Waals surface area contributed by atoms with Crippen LogP contribution in [0.3, 0.4) is 0 Å². The third-order valence-electron chi connectivity index (χ3n) is 4.37. The molecule has 2 aromatic rings. The molecular formula is C15H16Cl2N2O. The van der Waals surface area contributed by atoms with Crippen LogP contribution in [-0.4, -0.2) is 22.3 Å². The van der Waals surface area contributed by atoms with Gasteiger partial charge in [-0.15, -0.1) is 11.6 Å². The number of fused-ring (bicyclic) bond motifs is 1. The Hall–Kier alpha value is -0.770. The number of hydrogen-bond donors (Lipinski definition) is 0. The molecule has 0 spiro atoms. The van der Waals surface area contributed by atoms with E-state index in [0.717, 1.165) is 34.9 Å². The SMILES string of the molecule is ClCc1nc2ccc(Cl)cc2n1C1CCOC1C1CC1. The number of imidazole rings is 1. The number of alkyl halides is 1. The van der Waals surface area contributed by atoms with E-state index >= 15 is 0 Å². The minimum Gasteiger partial charge on any atom is -0.376 e. The molecule has 1 saturated carbocycles. The maximum absolute atomic E-state index is 6.16. The molecule has 2 unspecified atom stereocenters. The number of halogens is 2. The number of hydrogen-bond acceptors (Lipinski definition) is 2. The number of rotatable bonds is 3. The lowest BCUT2D eigenvalue weighted by Gasteiger charge is -2.22. The predicted molar refractivity (Wildman–Crippen MR) is 80.4 cm³/mol. The van der Waals surface area contributed by atoms with Crippen LogP contribution in [0.1, 0.15) is 31.1 Å². The molecule has 2 heterocycles. The molecule has 1 aliphatic carbocycles. The van der Waals surface area contributed by atoms with E-state index in [0.29, 0.717) is 23.9 Å². The lowest BCUT2D eigenvalue weighted by molar-refractivity contribution is 0.0754. The highest BCUT2D eigenvalue weighted by Crippen LogP contribution is 2.44. The fourth-order valence-electron chi connectivity index (χ4n) is 3.33. The van der Waals surface area contributed by atoms with Crippen LogP contribution in [0.4, 0.5) is 0 Å². The average molecular weight is 311 g/mol. The molecule has 1 saturated heterocycles. The second-order valence-corrected chi connectivity index (χ2v) is 6.40. The molecule has 0 radical (unpaired) electrons. The maximum Gasteiger partial charge on any atom is 0.125 e. The molecular weight excluding hydrogens is 295 g/mol. The van der Waals surface area contributed by atoms with Crippen molar-refractivity contribution < 1.29 is 4.74 Å². The van der Waals surface area contributed by atoms with Crippen LogP contribution in [0, 0.1) is 5.92 Å². The topological polar surface area (TPSA) is 27.1 Å². The first-order valence-corrected chi connectivity index (χ1v) is 8.03. The molecule has 2 aliphatic rings. The van der Waals surface area contributed by atoms with Crippen molar-refractivity contribution in [2.24, 2.45) is 5.92 Å². The predicted octanol–water partition coefficient (Wildman–Crippen LogP) is 4.17. The Morgan fingerprint density at radius 2 is 2.15 bits per heavy atom. The first-order chi connectivity index (χ1) is 9.78. The van der Waals surface area contributed by atoms with Crippen LogP contribution < -0.4 is 0 Å². The molecule has 1 aromatic heterocycles. The van der Waals surface area contributed by atoms with Crippen molar-refractivity contribution in [2.75, 3.05) is 6.61 Å². The Labute approximate surface area is 127 Å². The molecule has 0 N–H and O–H groups in total. The van der Waals surface area contributed by atoms with Crippen LogP contribution in [0.25, 0.3) is 11.0 Å². The van der Waals surface area contributed by atoms with Crippen molar-refractivity contribution in [3.8, 4) is 0 Å². The highest BCUT2D eigenvalue weighted by atomic mass is 35.5. The van der Waals surface area contributed by atoms with Gasteiger partial charge in [0, 0.05) is 11.6 Å². The summed E-state index contributed by atoms with van der Waals surface area (Å²) < 4.78 is 8.24. The quantitative estimate of drug-likeness (QED) is 0.796. The highest BCUT2D eigenvalue weighted by molar-refractivity contribution is 6.31. The summed E-state index contributed by atoms with van der Waals surface area (Å²) in [4.78, 5) is 4.65. The minimum atomic E-state index is 0.313. The van der Waals surface area contributed by atoms with E-state index in [1.807, 2.05) is 18.2 Å². The second-order valence-electron chi connectivity index (χ2n) is 5.69. The lowest BCUT2D eigenvalue weighted by atomic mass is 10.1. The molecule has 106 valence electrons. The fourth-order valence-corrected chi connectivity index (χ4v) is 3.69. The standard InChI is InChI=1S/C15H16Cl2N2O/c16-8-14-18-11-4-3-10(17)7-13(11)19(14)12-5-6-20-15(12)9-1-2-9/h3-4,7,9,12,15H,1-2,5-6,8H2. The Kier molecular flexibility index (Phi) is 3.17. The summed E-state index contributed by atoms with van der Waals surface area (Å²) in [6, 6.07) is 6.18. The Bertz CT molecular complexity index is 651. The summed E-state index contributed by atoms with van der Waals surface area (Å²) in [5, 5.41) is 0.738. The van der Waals surface area contributed by atoms with Crippen LogP contribution in [0.15, 0.2) is 18.2 Å². The van der Waals surface area contributed by atoms with Gasteiger partial charge < -0.3 is 9.30 Å². The summed E-state index contributed by atoms with van der Waals surface area (Å²) in [5.41, 5.74) is 2.04.